The molecule has 0 radical (unpaired) electrons. The molecule has 4 rings (SSSR count). The van der Waals surface area contributed by atoms with Crippen LogP contribution in [0.4, 0.5) is 0 Å². The number of carbonyl (C=O) groups excluding carboxylic acids is 2. The number of imidazole rings is 1. The lowest BCUT2D eigenvalue weighted by Crippen LogP contribution is -2.27. The lowest BCUT2D eigenvalue weighted by molar-refractivity contribution is 0.0932. The fourth-order valence-electron chi connectivity index (χ4n) is 3.65. The largest absolute Gasteiger partial charge is 0.467 e. The third kappa shape index (κ3) is 4.23. The smallest absolute Gasteiger partial charge is 0.287 e. The van der Waals surface area contributed by atoms with Gasteiger partial charge in [0, 0.05) is 13.1 Å². The zero-order valence-electron chi connectivity index (χ0n) is 16.4. The summed E-state index contributed by atoms with van der Waals surface area (Å²) in [4.78, 5) is 29.9. The summed E-state index contributed by atoms with van der Waals surface area (Å²) in [5, 5.41) is 5.76. The summed E-state index contributed by atoms with van der Waals surface area (Å²) in [6, 6.07) is 11.6. The molecule has 3 aromatic rings. The fourth-order valence-corrected chi connectivity index (χ4v) is 3.65. The Hall–Kier alpha value is -3.35. The summed E-state index contributed by atoms with van der Waals surface area (Å²) in [6.45, 7) is 3.41. The maximum absolute atomic E-state index is 12.8. The number of rotatable bonds is 6. The van der Waals surface area contributed by atoms with Crippen LogP contribution in [0.2, 0.25) is 0 Å². The van der Waals surface area contributed by atoms with Crippen LogP contribution >= 0.6 is 0 Å². The molecule has 0 saturated carbocycles. The van der Waals surface area contributed by atoms with Crippen LogP contribution in [0.5, 0.6) is 0 Å². The molecular formula is C22H24N4O3. The summed E-state index contributed by atoms with van der Waals surface area (Å²) in [7, 11) is 0. The van der Waals surface area contributed by atoms with E-state index in [1.165, 1.54) is 0 Å². The van der Waals surface area contributed by atoms with Crippen LogP contribution in [0, 0.1) is 6.92 Å². The highest BCUT2D eigenvalue weighted by molar-refractivity contribution is 5.97. The van der Waals surface area contributed by atoms with Crippen LogP contribution in [0.3, 0.4) is 0 Å². The van der Waals surface area contributed by atoms with Gasteiger partial charge in [-0.25, -0.2) is 4.98 Å². The van der Waals surface area contributed by atoms with Crippen LogP contribution in [0.1, 0.15) is 56.5 Å². The van der Waals surface area contributed by atoms with E-state index in [0.29, 0.717) is 24.5 Å². The minimum absolute atomic E-state index is 0.248. The van der Waals surface area contributed by atoms with Crippen LogP contribution in [0.25, 0.3) is 0 Å². The molecule has 0 atom stereocenters. The summed E-state index contributed by atoms with van der Waals surface area (Å²) >= 11 is 0. The summed E-state index contributed by atoms with van der Waals surface area (Å²) < 4.78 is 7.13. The molecule has 0 spiro atoms. The lowest BCUT2D eigenvalue weighted by Gasteiger charge is -2.17. The zero-order valence-corrected chi connectivity index (χ0v) is 16.4. The molecule has 0 aliphatic carbocycles. The number of hydrogen-bond donors (Lipinski definition) is 2. The molecule has 1 aliphatic rings. The average molecular weight is 392 g/mol. The van der Waals surface area contributed by atoms with Crippen molar-refractivity contribution in [1.82, 2.24) is 20.2 Å². The van der Waals surface area contributed by atoms with Gasteiger partial charge in [-0.2, -0.15) is 0 Å². The second-order valence-corrected chi connectivity index (χ2v) is 7.27. The highest BCUT2D eigenvalue weighted by Crippen LogP contribution is 2.21. The molecule has 150 valence electrons. The number of fused-ring (bicyclic) bond motifs is 1. The Labute approximate surface area is 169 Å². The number of aryl methyl sites for hydroxylation is 1. The van der Waals surface area contributed by atoms with Gasteiger partial charge in [-0.05, 0) is 43.9 Å². The zero-order chi connectivity index (χ0) is 20.2. The Morgan fingerprint density at radius 1 is 1.10 bits per heavy atom. The van der Waals surface area contributed by atoms with E-state index in [9.17, 15) is 9.59 Å². The predicted octanol–water partition coefficient (Wildman–Crippen LogP) is 2.98. The minimum Gasteiger partial charge on any atom is -0.467 e. The van der Waals surface area contributed by atoms with Crippen molar-refractivity contribution in [3.63, 3.8) is 0 Å². The minimum atomic E-state index is -0.303. The van der Waals surface area contributed by atoms with E-state index in [0.717, 1.165) is 36.1 Å². The average Bonchev–Trinajstić information content (AvgIpc) is 3.38. The number of nitrogens with zero attached hydrogens (tertiary/aromatic N) is 2. The van der Waals surface area contributed by atoms with Crippen LogP contribution in [0.15, 0.2) is 47.1 Å². The van der Waals surface area contributed by atoms with E-state index in [4.69, 9.17) is 4.42 Å². The molecule has 0 unspecified atom stereocenters. The molecule has 1 aromatic carbocycles. The quantitative estimate of drug-likeness (QED) is 0.675. The number of hydrogen-bond acceptors (Lipinski definition) is 4. The van der Waals surface area contributed by atoms with Gasteiger partial charge in [-0.1, -0.05) is 29.8 Å². The summed E-state index contributed by atoms with van der Waals surface area (Å²) in [6.07, 6.45) is 4.25. The van der Waals surface area contributed by atoms with Crippen molar-refractivity contribution in [2.75, 3.05) is 0 Å². The second kappa shape index (κ2) is 8.34. The topological polar surface area (TPSA) is 89.2 Å². The summed E-state index contributed by atoms with van der Waals surface area (Å²) in [5.74, 6) is 0.399. The van der Waals surface area contributed by atoms with Gasteiger partial charge in [0.2, 0.25) is 0 Å². The maximum atomic E-state index is 12.8. The molecular weight excluding hydrogens is 368 g/mol. The first kappa shape index (κ1) is 19.0. The van der Waals surface area contributed by atoms with Crippen LogP contribution < -0.4 is 10.6 Å². The standard InChI is InChI=1S/C22H24N4O3/c1-15-6-4-7-16(12-15)13-23-21(27)19-18-9-2-3-10-26(18)20(25-19)22(28)24-14-17-8-5-11-29-17/h4-8,11-12H,2-3,9-10,13-14H2,1H3,(H,23,27)(H,24,28). The van der Waals surface area contributed by atoms with Crippen molar-refractivity contribution in [3.05, 3.63) is 76.8 Å². The fraction of sp³-hybridized carbons (Fsp3) is 0.318. The molecule has 7 heteroatoms. The highest BCUT2D eigenvalue weighted by atomic mass is 16.3. The monoisotopic (exact) mass is 392 g/mol. The number of nitrogens with one attached hydrogen (secondary N) is 2. The van der Waals surface area contributed by atoms with E-state index in [-0.39, 0.29) is 24.2 Å². The SMILES string of the molecule is Cc1cccc(CNC(=O)c2nc(C(=O)NCc3ccco3)n3c2CCCC3)c1. The Balaban J connectivity index is 1.50. The van der Waals surface area contributed by atoms with Crippen LogP contribution in [-0.2, 0) is 26.1 Å². The Bertz CT molecular complexity index is 1020. The lowest BCUT2D eigenvalue weighted by atomic mass is 10.1. The van der Waals surface area contributed by atoms with Crippen molar-refractivity contribution >= 4 is 11.8 Å². The van der Waals surface area contributed by atoms with Crippen molar-refractivity contribution in [1.29, 1.82) is 0 Å². The Morgan fingerprint density at radius 2 is 1.97 bits per heavy atom. The number of aromatic nitrogens is 2. The third-order valence-electron chi connectivity index (χ3n) is 5.07. The van der Waals surface area contributed by atoms with E-state index in [2.05, 4.69) is 15.6 Å². The molecule has 0 bridgehead atoms. The molecule has 2 N–H and O–H groups in total. The third-order valence-corrected chi connectivity index (χ3v) is 5.07. The van der Waals surface area contributed by atoms with Gasteiger partial charge in [0.25, 0.3) is 11.8 Å². The van der Waals surface area contributed by atoms with Gasteiger partial charge < -0.3 is 19.6 Å². The first-order valence-electron chi connectivity index (χ1n) is 9.85. The first-order chi connectivity index (χ1) is 14.1. The highest BCUT2D eigenvalue weighted by Gasteiger charge is 2.27. The Morgan fingerprint density at radius 3 is 2.76 bits per heavy atom. The van der Waals surface area contributed by atoms with Crippen molar-refractivity contribution in [2.24, 2.45) is 0 Å². The first-order valence-corrected chi connectivity index (χ1v) is 9.85. The van der Waals surface area contributed by atoms with E-state index in [1.54, 1.807) is 18.4 Å². The van der Waals surface area contributed by atoms with Gasteiger partial charge in [-0.15, -0.1) is 0 Å². The number of amides is 2. The summed E-state index contributed by atoms with van der Waals surface area (Å²) in [5.41, 5.74) is 3.36. The molecule has 2 aromatic heterocycles. The van der Waals surface area contributed by atoms with Gasteiger partial charge in [0.1, 0.15) is 11.5 Å². The predicted molar refractivity (Wildman–Crippen MR) is 107 cm³/mol. The van der Waals surface area contributed by atoms with E-state index >= 15 is 0 Å². The van der Waals surface area contributed by atoms with Gasteiger partial charge in [-0.3, -0.25) is 9.59 Å². The molecule has 7 nitrogen and oxygen atoms in total. The van der Waals surface area contributed by atoms with E-state index < -0.39 is 0 Å². The number of benzene rings is 1. The number of carbonyl (C=O) groups is 2. The van der Waals surface area contributed by atoms with Crippen molar-refractivity contribution < 1.29 is 14.0 Å². The molecule has 29 heavy (non-hydrogen) atoms. The van der Waals surface area contributed by atoms with E-state index in [1.807, 2.05) is 35.8 Å². The van der Waals surface area contributed by atoms with Crippen molar-refractivity contribution in [2.45, 2.75) is 45.8 Å². The van der Waals surface area contributed by atoms with Gasteiger partial charge in [0.05, 0.1) is 18.5 Å². The van der Waals surface area contributed by atoms with Crippen LogP contribution in [-0.4, -0.2) is 21.4 Å². The van der Waals surface area contributed by atoms with Gasteiger partial charge in [0.15, 0.2) is 5.82 Å². The maximum Gasteiger partial charge on any atom is 0.287 e. The Kier molecular flexibility index (Phi) is 5.46. The molecule has 3 heterocycles. The van der Waals surface area contributed by atoms with Crippen molar-refractivity contribution in [3.8, 4) is 0 Å². The molecule has 0 fully saturated rings. The normalized spacial score (nSPS) is 13.0. The second-order valence-electron chi connectivity index (χ2n) is 7.27. The molecule has 2 amide bonds. The molecule has 1 aliphatic heterocycles. The van der Waals surface area contributed by atoms with Gasteiger partial charge >= 0.3 is 0 Å². The molecule has 0 saturated heterocycles. The number of furan rings is 1.